The van der Waals surface area contributed by atoms with Crippen molar-refractivity contribution in [3.8, 4) is 10.8 Å². The highest BCUT2D eigenvalue weighted by molar-refractivity contribution is 7.14. The summed E-state index contributed by atoms with van der Waals surface area (Å²) in [5.74, 6) is 2.54. The Bertz CT molecular complexity index is 904. The zero-order valence-electron chi connectivity index (χ0n) is 12.7. The molecule has 24 heavy (non-hydrogen) atoms. The van der Waals surface area contributed by atoms with Crippen LogP contribution in [0, 0.1) is 0 Å². The van der Waals surface area contributed by atoms with Gasteiger partial charge in [-0.15, -0.1) is 11.3 Å². The van der Waals surface area contributed by atoms with Crippen molar-refractivity contribution < 1.29 is 13.8 Å². The van der Waals surface area contributed by atoms with Gasteiger partial charge in [-0.3, -0.25) is 4.79 Å². The quantitative estimate of drug-likeness (QED) is 0.758. The summed E-state index contributed by atoms with van der Waals surface area (Å²) in [6.07, 6.45) is 4.43. The molecule has 0 bridgehead atoms. The number of rotatable bonds is 5. The van der Waals surface area contributed by atoms with E-state index in [0.717, 1.165) is 42.1 Å². The summed E-state index contributed by atoms with van der Waals surface area (Å²) in [6.45, 7) is 0. The van der Waals surface area contributed by atoms with E-state index in [4.69, 9.17) is 9.05 Å². The Morgan fingerprint density at radius 3 is 2.79 bits per heavy atom. The highest BCUT2D eigenvalue weighted by atomic mass is 32.1. The lowest BCUT2D eigenvalue weighted by molar-refractivity contribution is 0.101. The molecule has 8 heteroatoms. The van der Waals surface area contributed by atoms with Crippen LogP contribution in [-0.4, -0.2) is 21.2 Å². The summed E-state index contributed by atoms with van der Waals surface area (Å²) in [4.78, 5) is 17.6. The number of hydrogen-bond donors (Lipinski definition) is 1. The molecule has 0 spiro atoms. The fraction of sp³-hybridized carbons (Fsp3) is 0.375. The summed E-state index contributed by atoms with van der Waals surface area (Å²) >= 11 is 1.45. The van der Waals surface area contributed by atoms with Crippen LogP contribution in [0.1, 0.15) is 59.6 Å². The van der Waals surface area contributed by atoms with Gasteiger partial charge < -0.3 is 14.4 Å². The molecular formula is C16H14N4O3S. The van der Waals surface area contributed by atoms with Gasteiger partial charge in [-0.1, -0.05) is 10.3 Å². The lowest BCUT2D eigenvalue weighted by Gasteiger charge is -2.01. The number of thiophene rings is 1. The second-order valence-electron chi connectivity index (χ2n) is 6.24. The first-order chi connectivity index (χ1) is 11.8. The Morgan fingerprint density at radius 2 is 2.00 bits per heavy atom. The Morgan fingerprint density at radius 1 is 1.17 bits per heavy atom. The largest absolute Gasteiger partial charge is 0.360 e. The molecule has 7 nitrogen and oxygen atoms in total. The van der Waals surface area contributed by atoms with E-state index in [0.29, 0.717) is 29.1 Å². The summed E-state index contributed by atoms with van der Waals surface area (Å²) in [7, 11) is 0. The maximum atomic E-state index is 12.4. The van der Waals surface area contributed by atoms with Crippen LogP contribution < -0.4 is 5.32 Å². The van der Waals surface area contributed by atoms with Gasteiger partial charge in [0, 0.05) is 17.9 Å². The van der Waals surface area contributed by atoms with Crippen LogP contribution in [0.25, 0.3) is 10.8 Å². The molecule has 122 valence electrons. The Kier molecular flexibility index (Phi) is 3.05. The maximum Gasteiger partial charge on any atom is 0.277 e. The van der Waals surface area contributed by atoms with Crippen LogP contribution in [0.3, 0.4) is 0 Å². The third kappa shape index (κ3) is 2.52. The number of nitrogens with one attached hydrogen (secondary N) is 1. The lowest BCUT2D eigenvalue weighted by atomic mass is 10.2. The van der Waals surface area contributed by atoms with Gasteiger partial charge in [-0.2, -0.15) is 4.98 Å². The molecule has 0 unspecified atom stereocenters. The van der Waals surface area contributed by atoms with Crippen LogP contribution in [-0.2, 0) is 0 Å². The molecule has 0 radical (unpaired) electrons. The first-order valence-corrected chi connectivity index (χ1v) is 8.85. The van der Waals surface area contributed by atoms with Crippen LogP contribution in [0.2, 0.25) is 0 Å². The third-order valence-electron chi connectivity index (χ3n) is 4.23. The number of hydrogen-bond acceptors (Lipinski definition) is 7. The Labute approximate surface area is 141 Å². The predicted octanol–water partition coefficient (Wildman–Crippen LogP) is 3.79. The smallest absolute Gasteiger partial charge is 0.277 e. The lowest BCUT2D eigenvalue weighted by Crippen LogP contribution is -2.12. The van der Waals surface area contributed by atoms with Crippen LogP contribution in [0.5, 0.6) is 0 Å². The Hall–Kier alpha value is -2.48. The van der Waals surface area contributed by atoms with Gasteiger partial charge in [0.2, 0.25) is 0 Å². The van der Waals surface area contributed by atoms with Crippen LogP contribution >= 0.6 is 11.3 Å². The van der Waals surface area contributed by atoms with Crippen molar-refractivity contribution in [3.05, 3.63) is 34.8 Å². The molecule has 3 aromatic heterocycles. The first kappa shape index (κ1) is 13.9. The number of amides is 1. The van der Waals surface area contributed by atoms with E-state index in [1.54, 1.807) is 6.07 Å². The van der Waals surface area contributed by atoms with E-state index in [-0.39, 0.29) is 5.91 Å². The summed E-state index contributed by atoms with van der Waals surface area (Å²) < 4.78 is 10.6. The molecule has 0 saturated heterocycles. The van der Waals surface area contributed by atoms with Crippen molar-refractivity contribution in [1.82, 2.24) is 15.3 Å². The SMILES string of the molecule is O=C(Nc1ccsc1-c1nc(C2CC2)no1)c1cc(C2CC2)on1. The molecule has 1 amide bonds. The van der Waals surface area contributed by atoms with E-state index >= 15 is 0 Å². The number of carbonyl (C=O) groups is 1. The molecule has 5 rings (SSSR count). The van der Waals surface area contributed by atoms with Crippen molar-refractivity contribution >= 4 is 22.9 Å². The topological polar surface area (TPSA) is 94.1 Å². The molecule has 1 N–H and O–H groups in total. The van der Waals surface area contributed by atoms with Gasteiger partial charge in [-0.05, 0) is 37.1 Å². The molecule has 0 aromatic carbocycles. The second kappa shape index (κ2) is 5.27. The van der Waals surface area contributed by atoms with Gasteiger partial charge in [-0.25, -0.2) is 0 Å². The van der Waals surface area contributed by atoms with Gasteiger partial charge in [0.25, 0.3) is 11.8 Å². The summed E-state index contributed by atoms with van der Waals surface area (Å²) in [6, 6.07) is 3.54. The second-order valence-corrected chi connectivity index (χ2v) is 7.15. The minimum atomic E-state index is -0.299. The summed E-state index contributed by atoms with van der Waals surface area (Å²) in [5.41, 5.74) is 0.935. The molecule has 2 aliphatic carbocycles. The van der Waals surface area contributed by atoms with Crippen LogP contribution in [0.15, 0.2) is 26.6 Å². The van der Waals surface area contributed by atoms with E-state index in [1.165, 1.54) is 11.3 Å². The van der Waals surface area contributed by atoms with Gasteiger partial charge in [0.05, 0.1) is 5.69 Å². The first-order valence-electron chi connectivity index (χ1n) is 7.97. The molecular weight excluding hydrogens is 328 g/mol. The monoisotopic (exact) mass is 342 g/mol. The van der Waals surface area contributed by atoms with Crippen molar-refractivity contribution in [2.45, 2.75) is 37.5 Å². The van der Waals surface area contributed by atoms with E-state index in [9.17, 15) is 4.79 Å². The van der Waals surface area contributed by atoms with Crippen molar-refractivity contribution in [2.75, 3.05) is 5.32 Å². The molecule has 2 aliphatic rings. The average molecular weight is 342 g/mol. The molecule has 0 atom stereocenters. The molecule has 0 aliphatic heterocycles. The summed E-state index contributed by atoms with van der Waals surface area (Å²) in [5, 5.41) is 12.6. The number of nitrogens with zero attached hydrogens (tertiary/aromatic N) is 3. The molecule has 2 saturated carbocycles. The Balaban J connectivity index is 1.36. The van der Waals surface area contributed by atoms with Gasteiger partial charge in [0.1, 0.15) is 10.6 Å². The van der Waals surface area contributed by atoms with E-state index < -0.39 is 0 Å². The fourth-order valence-electron chi connectivity index (χ4n) is 2.55. The van der Waals surface area contributed by atoms with Gasteiger partial charge >= 0.3 is 0 Å². The number of carbonyl (C=O) groups excluding carboxylic acids is 1. The number of anilines is 1. The molecule has 2 fully saturated rings. The van der Waals surface area contributed by atoms with Gasteiger partial charge in [0.15, 0.2) is 11.5 Å². The average Bonchev–Trinajstić information content (AvgIpc) is 3.46. The number of aromatic nitrogens is 3. The third-order valence-corrected chi connectivity index (χ3v) is 5.14. The van der Waals surface area contributed by atoms with Crippen LogP contribution in [0.4, 0.5) is 5.69 Å². The molecule has 3 heterocycles. The molecule has 3 aromatic rings. The van der Waals surface area contributed by atoms with Crippen molar-refractivity contribution in [2.24, 2.45) is 0 Å². The normalized spacial score (nSPS) is 17.2. The van der Waals surface area contributed by atoms with E-state index in [2.05, 4.69) is 20.6 Å². The predicted molar refractivity (Wildman–Crippen MR) is 86.0 cm³/mol. The zero-order valence-corrected chi connectivity index (χ0v) is 13.5. The minimum absolute atomic E-state index is 0.290. The maximum absolute atomic E-state index is 12.4. The zero-order chi connectivity index (χ0) is 16.1. The van der Waals surface area contributed by atoms with Crippen molar-refractivity contribution in [3.63, 3.8) is 0 Å². The minimum Gasteiger partial charge on any atom is -0.360 e. The standard InChI is InChI=1S/C16H14N4O3S/c21-15(11-7-12(22-19-11)8-1-2-8)17-10-5-6-24-13(10)16-18-14(20-23-16)9-3-4-9/h5-9H,1-4H2,(H,17,21). The van der Waals surface area contributed by atoms with Crippen molar-refractivity contribution in [1.29, 1.82) is 0 Å². The highest BCUT2D eigenvalue weighted by Gasteiger charge is 2.30. The highest BCUT2D eigenvalue weighted by Crippen LogP contribution is 2.41. The fourth-order valence-corrected chi connectivity index (χ4v) is 3.32. The van der Waals surface area contributed by atoms with E-state index in [1.807, 2.05) is 11.4 Å².